The van der Waals surface area contributed by atoms with Gasteiger partial charge >= 0.3 is 0 Å². The number of benzene rings is 2. The molecule has 0 bridgehead atoms. The van der Waals surface area contributed by atoms with E-state index >= 15 is 0 Å². The summed E-state index contributed by atoms with van der Waals surface area (Å²) in [5.41, 5.74) is 2.84. The largest absolute Gasteiger partial charge is 0.492 e. The summed E-state index contributed by atoms with van der Waals surface area (Å²) in [5.74, 6) is 0.626. The van der Waals surface area contributed by atoms with Crippen LogP contribution in [-0.2, 0) is 14.8 Å². The van der Waals surface area contributed by atoms with Crippen molar-refractivity contribution >= 4 is 33.2 Å². The van der Waals surface area contributed by atoms with Gasteiger partial charge < -0.3 is 10.1 Å². The van der Waals surface area contributed by atoms with Crippen molar-refractivity contribution in [3.63, 3.8) is 0 Å². The number of carbonyl (C=O) groups excluding carboxylic acids is 1. The molecule has 0 spiro atoms. The Balaban J connectivity index is 1.75. The predicted octanol–water partition coefficient (Wildman–Crippen LogP) is 3.70. The Morgan fingerprint density at radius 1 is 1.14 bits per heavy atom. The van der Waals surface area contributed by atoms with Gasteiger partial charge in [0.05, 0.1) is 18.5 Å². The first kappa shape index (κ1) is 23.0. The molecule has 2 rings (SSSR count). The molecule has 2 aromatic rings. The number of hydrogen-bond donors (Lipinski definition) is 1. The third kappa shape index (κ3) is 7.59. The van der Waals surface area contributed by atoms with Crippen LogP contribution in [0.2, 0.25) is 5.02 Å². The molecule has 1 amide bonds. The molecular formula is C21H27ClN2O4S. The summed E-state index contributed by atoms with van der Waals surface area (Å²) in [5, 5.41) is 3.24. The maximum absolute atomic E-state index is 12.1. The third-order valence-electron chi connectivity index (χ3n) is 4.43. The first-order valence-corrected chi connectivity index (χ1v) is 11.6. The summed E-state index contributed by atoms with van der Waals surface area (Å²) in [7, 11) is -3.47. The van der Waals surface area contributed by atoms with Gasteiger partial charge in [-0.15, -0.1) is 0 Å². The van der Waals surface area contributed by atoms with Crippen molar-refractivity contribution in [2.24, 2.45) is 0 Å². The second-order valence-corrected chi connectivity index (χ2v) is 9.21. The minimum Gasteiger partial charge on any atom is -0.492 e. The third-order valence-corrected chi connectivity index (χ3v) is 5.86. The van der Waals surface area contributed by atoms with E-state index in [-0.39, 0.29) is 18.9 Å². The van der Waals surface area contributed by atoms with Gasteiger partial charge in [0.2, 0.25) is 15.9 Å². The van der Waals surface area contributed by atoms with Gasteiger partial charge in [-0.3, -0.25) is 9.10 Å². The van der Waals surface area contributed by atoms with E-state index in [0.717, 1.165) is 17.6 Å². The van der Waals surface area contributed by atoms with Gasteiger partial charge in [-0.2, -0.15) is 0 Å². The zero-order valence-electron chi connectivity index (χ0n) is 16.9. The Morgan fingerprint density at radius 2 is 1.90 bits per heavy atom. The minimum absolute atomic E-state index is 0.145. The number of halogens is 1. The Hall–Kier alpha value is -2.25. The van der Waals surface area contributed by atoms with Crippen LogP contribution in [0, 0.1) is 13.8 Å². The highest BCUT2D eigenvalue weighted by atomic mass is 35.5. The number of hydrogen-bond acceptors (Lipinski definition) is 4. The van der Waals surface area contributed by atoms with Gasteiger partial charge in [-0.1, -0.05) is 23.7 Å². The Morgan fingerprint density at radius 3 is 2.55 bits per heavy atom. The van der Waals surface area contributed by atoms with Gasteiger partial charge in [0.25, 0.3) is 0 Å². The quantitative estimate of drug-likeness (QED) is 0.574. The lowest BCUT2D eigenvalue weighted by Gasteiger charge is -2.22. The summed E-state index contributed by atoms with van der Waals surface area (Å²) in [6.07, 6.45) is 1.75. The first-order valence-electron chi connectivity index (χ1n) is 9.37. The molecule has 2 aromatic carbocycles. The number of aryl methyl sites for hydroxylation is 2. The van der Waals surface area contributed by atoms with E-state index in [9.17, 15) is 13.2 Å². The van der Waals surface area contributed by atoms with Crippen LogP contribution in [0.25, 0.3) is 0 Å². The molecule has 0 atom stereocenters. The predicted molar refractivity (Wildman–Crippen MR) is 117 cm³/mol. The van der Waals surface area contributed by atoms with Crippen LogP contribution < -0.4 is 14.4 Å². The molecule has 0 aromatic heterocycles. The topological polar surface area (TPSA) is 75.7 Å². The van der Waals surface area contributed by atoms with Crippen molar-refractivity contribution in [3.8, 4) is 5.75 Å². The maximum Gasteiger partial charge on any atom is 0.232 e. The second kappa shape index (κ2) is 10.5. The zero-order chi connectivity index (χ0) is 21.4. The number of ether oxygens (including phenoxy) is 1. The molecule has 6 nitrogen and oxygen atoms in total. The molecule has 0 aliphatic heterocycles. The lowest BCUT2D eigenvalue weighted by molar-refractivity contribution is -0.121. The fraction of sp³-hybridized carbons (Fsp3) is 0.381. The van der Waals surface area contributed by atoms with E-state index in [0.29, 0.717) is 30.3 Å². The van der Waals surface area contributed by atoms with E-state index in [1.54, 1.807) is 24.3 Å². The lowest BCUT2D eigenvalue weighted by Crippen LogP contribution is -2.32. The number of amides is 1. The minimum atomic E-state index is -3.47. The molecule has 29 heavy (non-hydrogen) atoms. The van der Waals surface area contributed by atoms with Gasteiger partial charge in [-0.05, 0) is 61.7 Å². The summed E-state index contributed by atoms with van der Waals surface area (Å²) in [4.78, 5) is 12.0. The van der Waals surface area contributed by atoms with Gasteiger partial charge in [0, 0.05) is 18.0 Å². The summed E-state index contributed by atoms with van der Waals surface area (Å²) >= 11 is 5.96. The van der Waals surface area contributed by atoms with Crippen LogP contribution in [0.3, 0.4) is 0 Å². The number of sulfonamides is 1. The van der Waals surface area contributed by atoms with Crippen molar-refractivity contribution < 1.29 is 17.9 Å². The molecule has 0 aliphatic rings. The Labute approximate surface area is 177 Å². The maximum atomic E-state index is 12.1. The van der Waals surface area contributed by atoms with E-state index in [1.165, 1.54) is 9.87 Å². The average molecular weight is 439 g/mol. The monoisotopic (exact) mass is 438 g/mol. The van der Waals surface area contributed by atoms with Crippen molar-refractivity contribution in [1.29, 1.82) is 0 Å². The molecule has 0 radical (unpaired) electrons. The van der Waals surface area contributed by atoms with E-state index in [4.69, 9.17) is 16.3 Å². The Kier molecular flexibility index (Phi) is 8.34. The molecule has 0 aliphatic carbocycles. The van der Waals surface area contributed by atoms with Crippen molar-refractivity contribution in [2.45, 2.75) is 26.7 Å². The molecule has 8 heteroatoms. The highest BCUT2D eigenvalue weighted by molar-refractivity contribution is 7.92. The number of rotatable bonds is 10. The van der Waals surface area contributed by atoms with Gasteiger partial charge in [0.15, 0.2) is 0 Å². The van der Waals surface area contributed by atoms with Crippen LogP contribution in [0.1, 0.15) is 24.0 Å². The van der Waals surface area contributed by atoms with Gasteiger partial charge in [-0.25, -0.2) is 8.42 Å². The summed E-state index contributed by atoms with van der Waals surface area (Å²) in [6.45, 7) is 5.01. The summed E-state index contributed by atoms with van der Waals surface area (Å²) < 4.78 is 31.0. The Bertz CT molecular complexity index is 947. The number of nitrogens with one attached hydrogen (secondary N) is 1. The van der Waals surface area contributed by atoms with Crippen LogP contribution in [0.4, 0.5) is 5.69 Å². The molecule has 1 N–H and O–H groups in total. The second-order valence-electron chi connectivity index (χ2n) is 6.86. The molecule has 0 heterocycles. The van der Waals surface area contributed by atoms with Crippen molar-refractivity contribution in [3.05, 3.63) is 58.6 Å². The van der Waals surface area contributed by atoms with Crippen molar-refractivity contribution in [2.75, 3.05) is 30.3 Å². The molecule has 0 fully saturated rings. The SMILES string of the molecule is Cc1ccc(OCCNC(=O)CCCN(c2cccc(Cl)c2)S(C)(=O)=O)cc1C. The van der Waals surface area contributed by atoms with E-state index in [2.05, 4.69) is 5.32 Å². The summed E-state index contributed by atoms with van der Waals surface area (Å²) in [6, 6.07) is 12.5. The zero-order valence-corrected chi connectivity index (χ0v) is 18.5. The molecule has 0 saturated heterocycles. The molecule has 0 saturated carbocycles. The normalized spacial score (nSPS) is 11.2. The average Bonchev–Trinajstić information content (AvgIpc) is 2.64. The highest BCUT2D eigenvalue weighted by Crippen LogP contribution is 2.22. The first-order chi connectivity index (χ1) is 13.7. The number of anilines is 1. The van der Waals surface area contributed by atoms with Crippen LogP contribution in [0.5, 0.6) is 5.75 Å². The van der Waals surface area contributed by atoms with Crippen LogP contribution >= 0.6 is 11.6 Å². The lowest BCUT2D eigenvalue weighted by atomic mass is 10.1. The highest BCUT2D eigenvalue weighted by Gasteiger charge is 2.17. The molecule has 158 valence electrons. The molecular weight excluding hydrogens is 412 g/mol. The van der Waals surface area contributed by atoms with Gasteiger partial charge in [0.1, 0.15) is 12.4 Å². The van der Waals surface area contributed by atoms with E-state index < -0.39 is 10.0 Å². The standard InChI is InChI=1S/C21H27ClN2O4S/c1-16-9-10-20(14-17(16)2)28-13-11-23-21(25)8-5-12-24(29(3,26)27)19-7-4-6-18(22)15-19/h4,6-7,9-10,14-15H,5,8,11-13H2,1-3H3,(H,23,25). The van der Waals surface area contributed by atoms with E-state index in [1.807, 2.05) is 32.0 Å². The number of carbonyl (C=O) groups is 1. The fourth-order valence-electron chi connectivity index (χ4n) is 2.75. The number of nitrogens with zero attached hydrogens (tertiary/aromatic N) is 1. The van der Waals surface area contributed by atoms with Crippen LogP contribution in [-0.4, -0.2) is 40.3 Å². The van der Waals surface area contributed by atoms with Crippen LogP contribution in [0.15, 0.2) is 42.5 Å². The smallest absolute Gasteiger partial charge is 0.232 e. The van der Waals surface area contributed by atoms with Crippen molar-refractivity contribution in [1.82, 2.24) is 5.32 Å². The molecule has 0 unspecified atom stereocenters. The fourth-order valence-corrected chi connectivity index (χ4v) is 3.89.